The van der Waals surface area contributed by atoms with Crippen LogP contribution in [0.5, 0.6) is 5.75 Å². The van der Waals surface area contributed by atoms with Crippen molar-refractivity contribution >= 4 is 28.3 Å². The minimum atomic E-state index is -1.37. The molecule has 0 saturated carbocycles. The molecule has 6 heteroatoms. The van der Waals surface area contributed by atoms with Gasteiger partial charge in [-0.15, -0.1) is 0 Å². The average Bonchev–Trinajstić information content (AvgIpc) is 2.94. The number of aliphatic imine (C=N–C) groups is 1. The lowest BCUT2D eigenvalue weighted by Crippen LogP contribution is -2.38. The number of ether oxygens (including phenoxy) is 1. The van der Waals surface area contributed by atoms with Gasteiger partial charge in [0.2, 0.25) is 0 Å². The molecular formula is C32H33ClN2O2S. The van der Waals surface area contributed by atoms with Crippen LogP contribution >= 0.6 is 11.6 Å². The second-order valence-electron chi connectivity index (χ2n) is 9.93. The minimum absolute atomic E-state index is 0.441. The Bertz CT molecular complexity index is 1340. The first-order valence-corrected chi connectivity index (χ1v) is 14.1. The summed E-state index contributed by atoms with van der Waals surface area (Å²) in [5.74, 6) is 0.747. The summed E-state index contributed by atoms with van der Waals surface area (Å²) < 4.78 is 21.8. The van der Waals surface area contributed by atoms with Crippen molar-refractivity contribution in [1.82, 2.24) is 4.72 Å². The van der Waals surface area contributed by atoms with Gasteiger partial charge in [-0.3, -0.25) is 4.99 Å². The number of nitrogens with zero attached hydrogens (tertiary/aromatic N) is 1. The largest absolute Gasteiger partial charge is 0.497 e. The van der Waals surface area contributed by atoms with Crippen molar-refractivity contribution < 1.29 is 8.95 Å². The van der Waals surface area contributed by atoms with Crippen LogP contribution in [0, 0.1) is 0 Å². The molecule has 4 aromatic carbocycles. The highest BCUT2D eigenvalue weighted by molar-refractivity contribution is 7.84. The van der Waals surface area contributed by atoms with E-state index in [1.54, 1.807) is 7.11 Å². The molecule has 4 aromatic rings. The van der Waals surface area contributed by atoms with Crippen molar-refractivity contribution in [3.05, 3.63) is 136 Å². The molecule has 0 saturated heterocycles. The third-order valence-corrected chi connectivity index (χ3v) is 8.09. The first kappa shape index (κ1) is 27.8. The predicted molar refractivity (Wildman–Crippen MR) is 159 cm³/mol. The molecule has 4 nitrogen and oxygen atoms in total. The minimum Gasteiger partial charge on any atom is -0.497 e. The number of hydrogen-bond donors (Lipinski definition) is 1. The Morgan fingerprint density at radius 2 is 1.34 bits per heavy atom. The van der Waals surface area contributed by atoms with Crippen LogP contribution in [0.25, 0.3) is 0 Å². The molecule has 4 rings (SSSR count). The van der Waals surface area contributed by atoms with Crippen LogP contribution in [0.2, 0.25) is 5.02 Å². The van der Waals surface area contributed by atoms with E-state index >= 15 is 0 Å². The van der Waals surface area contributed by atoms with E-state index in [9.17, 15) is 4.21 Å². The van der Waals surface area contributed by atoms with Crippen LogP contribution in [0.4, 0.5) is 0 Å². The number of benzene rings is 4. The van der Waals surface area contributed by atoms with Crippen molar-refractivity contribution in [1.29, 1.82) is 0 Å². The Labute approximate surface area is 233 Å². The maximum absolute atomic E-state index is 13.5. The van der Waals surface area contributed by atoms with Gasteiger partial charge >= 0.3 is 0 Å². The van der Waals surface area contributed by atoms with Gasteiger partial charge in [0.1, 0.15) is 5.75 Å². The fourth-order valence-electron chi connectivity index (χ4n) is 4.10. The van der Waals surface area contributed by atoms with Crippen LogP contribution in [0.3, 0.4) is 0 Å². The highest BCUT2D eigenvalue weighted by Crippen LogP contribution is 2.38. The second-order valence-corrected chi connectivity index (χ2v) is 12.3. The Kier molecular flexibility index (Phi) is 9.16. The Morgan fingerprint density at radius 1 is 0.816 bits per heavy atom. The Hall–Kier alpha value is -3.25. The van der Waals surface area contributed by atoms with E-state index in [1.165, 1.54) is 0 Å². The molecule has 0 aromatic heterocycles. The third kappa shape index (κ3) is 6.79. The Balaban J connectivity index is 1.97. The van der Waals surface area contributed by atoms with Gasteiger partial charge in [-0.25, -0.2) is 8.93 Å². The summed E-state index contributed by atoms with van der Waals surface area (Å²) in [5.41, 5.74) is 4.58. The average molecular weight is 545 g/mol. The van der Waals surface area contributed by atoms with Gasteiger partial charge in [-0.1, -0.05) is 103 Å². The molecular weight excluding hydrogens is 512 g/mol. The van der Waals surface area contributed by atoms with E-state index in [2.05, 4.69) is 29.0 Å². The lowest BCUT2D eigenvalue weighted by atomic mass is 9.93. The molecule has 0 aliphatic heterocycles. The molecule has 0 radical (unpaired) electrons. The quantitative estimate of drug-likeness (QED) is 0.219. The van der Waals surface area contributed by atoms with Gasteiger partial charge < -0.3 is 4.74 Å². The zero-order valence-corrected chi connectivity index (χ0v) is 23.7. The first-order valence-electron chi connectivity index (χ1n) is 12.5. The molecule has 0 aliphatic carbocycles. The zero-order valence-electron chi connectivity index (χ0n) is 22.1. The van der Waals surface area contributed by atoms with E-state index in [4.69, 9.17) is 21.3 Å². The molecule has 0 amide bonds. The molecule has 0 aliphatic rings. The summed E-state index contributed by atoms with van der Waals surface area (Å²) in [6.45, 7) is 5.86. The van der Waals surface area contributed by atoms with E-state index in [-0.39, 0.29) is 0 Å². The lowest BCUT2D eigenvalue weighted by molar-refractivity contribution is 0.414. The summed E-state index contributed by atoms with van der Waals surface area (Å²) in [7, 11) is 0.268. The highest BCUT2D eigenvalue weighted by atomic mass is 35.5. The van der Waals surface area contributed by atoms with Gasteiger partial charge in [0, 0.05) is 16.1 Å². The maximum Gasteiger partial charge on any atom is 0.118 e. The standard InChI is InChI=1S/C32H33ClN2O2S/c1-32(2,3)38(36)35-30(25-19-21-26(37-4)22-20-25)31(27-17-11-12-18-28(27)33)34-29(23-13-7-5-8-14-23)24-15-9-6-10-16-24/h5-22,30-31,35H,1-4H3/t30-,31+,38-/m1/s1. The smallest absolute Gasteiger partial charge is 0.118 e. The molecule has 0 spiro atoms. The van der Waals surface area contributed by atoms with Crippen LogP contribution < -0.4 is 9.46 Å². The fourth-order valence-corrected chi connectivity index (χ4v) is 5.20. The van der Waals surface area contributed by atoms with Gasteiger partial charge in [0.25, 0.3) is 0 Å². The Morgan fingerprint density at radius 3 is 1.84 bits per heavy atom. The molecule has 0 heterocycles. The number of nitrogens with one attached hydrogen (secondary N) is 1. The van der Waals surface area contributed by atoms with Gasteiger partial charge in [-0.2, -0.15) is 0 Å². The lowest BCUT2D eigenvalue weighted by Gasteiger charge is -2.30. The highest BCUT2D eigenvalue weighted by Gasteiger charge is 2.32. The van der Waals surface area contributed by atoms with E-state index in [0.717, 1.165) is 33.7 Å². The SMILES string of the molecule is COc1ccc([C@@H](N[S@](=O)C(C)(C)C)[C@@H](N=C(c2ccccc2)c2ccccc2)c2ccccc2Cl)cc1. The van der Waals surface area contributed by atoms with E-state index in [0.29, 0.717) is 5.02 Å². The molecule has 0 bridgehead atoms. The van der Waals surface area contributed by atoms with Gasteiger partial charge in [0.05, 0.1) is 40.6 Å². The molecule has 0 unspecified atom stereocenters. The summed E-state index contributed by atoms with van der Waals surface area (Å²) in [5, 5.41) is 0.601. The van der Waals surface area contributed by atoms with Crippen molar-refractivity contribution in [2.24, 2.45) is 4.99 Å². The molecule has 1 N–H and O–H groups in total. The van der Waals surface area contributed by atoms with Crippen molar-refractivity contribution in [2.45, 2.75) is 37.6 Å². The van der Waals surface area contributed by atoms with E-state index < -0.39 is 27.8 Å². The fraction of sp³-hybridized carbons (Fsp3) is 0.219. The summed E-state index contributed by atoms with van der Waals surface area (Å²) in [4.78, 5) is 5.41. The van der Waals surface area contributed by atoms with Crippen molar-refractivity contribution in [2.75, 3.05) is 7.11 Å². The number of methoxy groups -OCH3 is 1. The second kappa shape index (κ2) is 12.5. The summed E-state index contributed by atoms with van der Waals surface area (Å²) >= 11 is 6.81. The summed E-state index contributed by atoms with van der Waals surface area (Å²) in [6.07, 6.45) is 0. The topological polar surface area (TPSA) is 50.7 Å². The van der Waals surface area contributed by atoms with Crippen LogP contribution in [-0.4, -0.2) is 21.8 Å². The number of hydrogen-bond acceptors (Lipinski definition) is 3. The van der Waals surface area contributed by atoms with Gasteiger partial charge in [-0.05, 0) is 50.1 Å². The normalized spacial score (nSPS) is 13.8. The molecule has 0 fully saturated rings. The van der Waals surface area contributed by atoms with Crippen molar-refractivity contribution in [3.63, 3.8) is 0 Å². The third-order valence-electron chi connectivity index (χ3n) is 6.17. The molecule has 38 heavy (non-hydrogen) atoms. The van der Waals surface area contributed by atoms with Gasteiger partial charge in [0.15, 0.2) is 0 Å². The van der Waals surface area contributed by atoms with Crippen molar-refractivity contribution in [3.8, 4) is 5.75 Å². The predicted octanol–water partition coefficient (Wildman–Crippen LogP) is 7.72. The maximum atomic E-state index is 13.5. The number of halogens is 1. The van der Waals surface area contributed by atoms with Crippen LogP contribution in [-0.2, 0) is 11.0 Å². The monoisotopic (exact) mass is 544 g/mol. The van der Waals surface area contributed by atoms with Crippen LogP contribution in [0.1, 0.15) is 55.1 Å². The molecule has 3 atom stereocenters. The molecule has 196 valence electrons. The first-order chi connectivity index (χ1) is 18.3. The summed E-state index contributed by atoms with van der Waals surface area (Å²) in [6, 6.07) is 34.8. The van der Waals surface area contributed by atoms with E-state index in [1.807, 2.05) is 106 Å². The zero-order chi connectivity index (χ0) is 27.1. The van der Waals surface area contributed by atoms with Crippen LogP contribution in [0.15, 0.2) is 114 Å². The number of rotatable bonds is 9.